The maximum atomic E-state index is 3.64. The number of aromatic amines is 1. The van der Waals surface area contributed by atoms with E-state index in [4.69, 9.17) is 0 Å². The number of unbranched alkanes of at least 4 members (excludes halogenated alkanes) is 6. The van der Waals surface area contributed by atoms with Crippen molar-refractivity contribution < 1.29 is 0 Å². The fourth-order valence-electron chi connectivity index (χ4n) is 3.86. The van der Waals surface area contributed by atoms with Gasteiger partial charge < -0.3 is 4.98 Å². The molecule has 1 aromatic heterocycles. The largest absolute Gasteiger partial charge is 0.358 e. The van der Waals surface area contributed by atoms with E-state index in [1.165, 1.54) is 81.8 Å². The maximum absolute atomic E-state index is 3.64. The molecule has 1 heteroatoms. The smallest absolute Gasteiger partial charge is 0.0461 e. The van der Waals surface area contributed by atoms with Crippen LogP contribution in [0.4, 0.5) is 0 Å². The van der Waals surface area contributed by atoms with E-state index < -0.39 is 0 Å². The van der Waals surface area contributed by atoms with Gasteiger partial charge in [-0.15, -0.1) is 0 Å². The summed E-state index contributed by atoms with van der Waals surface area (Å²) in [5.74, 6) is 0. The van der Waals surface area contributed by atoms with Gasteiger partial charge in [-0.2, -0.15) is 0 Å². The van der Waals surface area contributed by atoms with Gasteiger partial charge in [0.05, 0.1) is 0 Å². The minimum atomic E-state index is 1.25. The molecular weight excluding hydrogens is 254 g/mol. The van der Waals surface area contributed by atoms with E-state index in [1.54, 1.807) is 16.5 Å². The number of aryl methyl sites for hydroxylation is 3. The molecule has 0 radical (unpaired) electrons. The molecule has 1 heterocycles. The predicted molar refractivity (Wildman–Crippen MR) is 92.0 cm³/mol. The Morgan fingerprint density at radius 1 is 0.952 bits per heavy atom. The molecule has 0 saturated carbocycles. The van der Waals surface area contributed by atoms with Crippen LogP contribution in [0.2, 0.25) is 0 Å². The second-order valence-electron chi connectivity index (χ2n) is 6.65. The summed E-state index contributed by atoms with van der Waals surface area (Å²) >= 11 is 0. The Bertz CT molecular complexity index is 579. The van der Waals surface area contributed by atoms with Crippen LogP contribution in [0.25, 0.3) is 10.9 Å². The predicted octanol–water partition coefficient (Wildman–Crippen LogP) is 5.95. The van der Waals surface area contributed by atoms with Crippen molar-refractivity contribution in [1.29, 1.82) is 0 Å². The summed E-state index contributed by atoms with van der Waals surface area (Å²) in [5.41, 5.74) is 6.10. The molecular formula is C20H29N. The summed E-state index contributed by atoms with van der Waals surface area (Å²) in [6, 6.07) is 6.83. The van der Waals surface area contributed by atoms with Gasteiger partial charge in [-0.25, -0.2) is 0 Å². The van der Waals surface area contributed by atoms with Crippen LogP contribution in [-0.4, -0.2) is 4.98 Å². The normalized spacial score (nSPS) is 14.0. The summed E-state index contributed by atoms with van der Waals surface area (Å²) in [4.78, 5) is 3.64. The van der Waals surface area contributed by atoms with Gasteiger partial charge >= 0.3 is 0 Å². The average Bonchev–Trinajstić information content (AvgIpc) is 3.07. The summed E-state index contributed by atoms with van der Waals surface area (Å²) in [7, 11) is 0. The summed E-state index contributed by atoms with van der Waals surface area (Å²) < 4.78 is 0. The first-order valence-electron chi connectivity index (χ1n) is 9.01. The van der Waals surface area contributed by atoms with Crippen LogP contribution in [0.1, 0.15) is 75.1 Å². The Morgan fingerprint density at radius 2 is 1.76 bits per heavy atom. The molecule has 0 spiro atoms. The van der Waals surface area contributed by atoms with Crippen LogP contribution in [0.5, 0.6) is 0 Å². The fraction of sp³-hybridized carbons (Fsp3) is 0.600. The summed E-state index contributed by atoms with van der Waals surface area (Å²) in [6.07, 6.45) is 14.9. The molecule has 1 nitrogen and oxygen atoms in total. The second-order valence-corrected chi connectivity index (χ2v) is 6.65. The van der Waals surface area contributed by atoms with Crippen LogP contribution < -0.4 is 0 Å². The van der Waals surface area contributed by atoms with Gasteiger partial charge in [0.1, 0.15) is 0 Å². The highest BCUT2D eigenvalue weighted by atomic mass is 14.7. The zero-order valence-electron chi connectivity index (χ0n) is 13.5. The van der Waals surface area contributed by atoms with E-state index in [0.717, 1.165) is 0 Å². The number of nitrogens with one attached hydrogen (secondary N) is 1. The van der Waals surface area contributed by atoms with Crippen LogP contribution in [0.3, 0.4) is 0 Å². The van der Waals surface area contributed by atoms with Gasteiger partial charge in [-0.05, 0) is 49.3 Å². The third kappa shape index (κ3) is 3.33. The van der Waals surface area contributed by atoms with Crippen LogP contribution >= 0.6 is 0 Å². The SMILES string of the molecule is CCCCCCCCCc1cccc2[nH]c3c(c12)CCC3. The van der Waals surface area contributed by atoms with Crippen molar-refractivity contribution in [3.8, 4) is 0 Å². The molecule has 1 aliphatic carbocycles. The minimum Gasteiger partial charge on any atom is -0.358 e. The molecule has 0 saturated heterocycles. The molecule has 1 N–H and O–H groups in total. The van der Waals surface area contributed by atoms with E-state index >= 15 is 0 Å². The Morgan fingerprint density at radius 3 is 2.62 bits per heavy atom. The lowest BCUT2D eigenvalue weighted by molar-refractivity contribution is 0.590. The van der Waals surface area contributed by atoms with E-state index in [9.17, 15) is 0 Å². The molecule has 0 aliphatic heterocycles. The first-order valence-corrected chi connectivity index (χ1v) is 9.01. The molecule has 0 bridgehead atoms. The number of hydrogen-bond acceptors (Lipinski definition) is 0. The monoisotopic (exact) mass is 283 g/mol. The number of aromatic nitrogens is 1. The molecule has 0 amide bonds. The molecule has 2 aromatic rings. The third-order valence-corrected chi connectivity index (χ3v) is 5.01. The van der Waals surface area contributed by atoms with Crippen molar-refractivity contribution in [3.63, 3.8) is 0 Å². The summed E-state index contributed by atoms with van der Waals surface area (Å²) in [5, 5.41) is 1.57. The highest BCUT2D eigenvalue weighted by Gasteiger charge is 2.18. The van der Waals surface area contributed by atoms with Crippen molar-refractivity contribution in [3.05, 3.63) is 35.0 Å². The second kappa shape index (κ2) is 7.15. The average molecular weight is 283 g/mol. The van der Waals surface area contributed by atoms with Crippen LogP contribution in [0.15, 0.2) is 18.2 Å². The van der Waals surface area contributed by atoms with E-state index in [2.05, 4.69) is 30.1 Å². The maximum Gasteiger partial charge on any atom is 0.0461 e. The van der Waals surface area contributed by atoms with Crippen molar-refractivity contribution in [1.82, 2.24) is 4.98 Å². The molecule has 21 heavy (non-hydrogen) atoms. The Labute approximate surface area is 129 Å². The van der Waals surface area contributed by atoms with Gasteiger partial charge in [0, 0.05) is 16.6 Å². The third-order valence-electron chi connectivity index (χ3n) is 5.01. The van der Waals surface area contributed by atoms with Crippen molar-refractivity contribution in [2.24, 2.45) is 0 Å². The lowest BCUT2D eigenvalue weighted by Gasteiger charge is -2.06. The minimum absolute atomic E-state index is 1.25. The quantitative estimate of drug-likeness (QED) is 0.576. The summed E-state index contributed by atoms with van der Waals surface area (Å²) in [6.45, 7) is 2.29. The van der Waals surface area contributed by atoms with Crippen molar-refractivity contribution >= 4 is 10.9 Å². The number of H-pyrrole nitrogens is 1. The Hall–Kier alpha value is -1.24. The molecule has 0 atom stereocenters. The molecule has 114 valence electrons. The van der Waals surface area contributed by atoms with Gasteiger partial charge in [-0.1, -0.05) is 57.6 Å². The lowest BCUT2D eigenvalue weighted by atomic mass is 9.99. The molecule has 3 rings (SSSR count). The van der Waals surface area contributed by atoms with Crippen molar-refractivity contribution in [2.75, 3.05) is 0 Å². The van der Waals surface area contributed by atoms with Crippen LogP contribution in [-0.2, 0) is 19.3 Å². The Kier molecular flexibility index (Phi) is 5.00. The number of fused-ring (bicyclic) bond motifs is 3. The van der Waals surface area contributed by atoms with E-state index in [1.807, 2.05) is 0 Å². The zero-order valence-corrected chi connectivity index (χ0v) is 13.5. The first kappa shape index (κ1) is 14.7. The van der Waals surface area contributed by atoms with Gasteiger partial charge in [-0.3, -0.25) is 0 Å². The van der Waals surface area contributed by atoms with Crippen LogP contribution in [0, 0.1) is 0 Å². The van der Waals surface area contributed by atoms with Gasteiger partial charge in [0.25, 0.3) is 0 Å². The first-order chi connectivity index (χ1) is 10.4. The zero-order chi connectivity index (χ0) is 14.5. The highest BCUT2D eigenvalue weighted by Crippen LogP contribution is 2.32. The highest BCUT2D eigenvalue weighted by molar-refractivity contribution is 5.88. The van der Waals surface area contributed by atoms with E-state index in [-0.39, 0.29) is 0 Å². The van der Waals surface area contributed by atoms with Gasteiger partial charge in [0.2, 0.25) is 0 Å². The van der Waals surface area contributed by atoms with Gasteiger partial charge in [0.15, 0.2) is 0 Å². The molecule has 0 fully saturated rings. The van der Waals surface area contributed by atoms with E-state index in [0.29, 0.717) is 0 Å². The topological polar surface area (TPSA) is 15.8 Å². The number of hydrogen-bond donors (Lipinski definition) is 1. The fourth-order valence-corrected chi connectivity index (χ4v) is 3.86. The Balaban J connectivity index is 1.57. The lowest BCUT2D eigenvalue weighted by Crippen LogP contribution is -1.89. The number of benzene rings is 1. The molecule has 1 aromatic carbocycles. The van der Waals surface area contributed by atoms with Crippen molar-refractivity contribution in [2.45, 2.75) is 77.6 Å². The number of rotatable bonds is 8. The molecule has 0 unspecified atom stereocenters. The molecule has 1 aliphatic rings. The standard InChI is InChI=1S/C20H29N/c1-2-3-4-5-6-7-8-11-16-12-9-15-19-20(16)17-13-10-14-18(17)21-19/h9,12,15,21H,2-8,10-11,13-14H2,1H3.